The van der Waals surface area contributed by atoms with E-state index in [-0.39, 0.29) is 5.70 Å². The lowest BCUT2D eigenvalue weighted by Crippen LogP contribution is -2.22. The van der Waals surface area contributed by atoms with E-state index in [4.69, 9.17) is 0 Å². The Morgan fingerprint density at radius 3 is 2.79 bits per heavy atom. The summed E-state index contributed by atoms with van der Waals surface area (Å²) in [4.78, 5) is 27.7. The van der Waals surface area contributed by atoms with Gasteiger partial charge in [0.1, 0.15) is 5.70 Å². The number of fused-ring (bicyclic) bond motifs is 1. The van der Waals surface area contributed by atoms with E-state index in [1.165, 1.54) is 0 Å². The van der Waals surface area contributed by atoms with E-state index in [0.29, 0.717) is 23.2 Å². The number of nitrogens with zero attached hydrogens (tertiary/aromatic N) is 3. The van der Waals surface area contributed by atoms with Gasteiger partial charge in [-0.25, -0.2) is 14.3 Å². The maximum atomic E-state index is 11.9. The predicted molar refractivity (Wildman–Crippen MR) is 109 cm³/mol. The van der Waals surface area contributed by atoms with Gasteiger partial charge in [-0.05, 0) is 43.5 Å². The Hall–Kier alpha value is -3.88. The number of carbonyl (C=O) groups is 2. The molecule has 1 saturated heterocycles. The fourth-order valence-electron chi connectivity index (χ4n) is 3.20. The molecule has 9 heteroatoms. The van der Waals surface area contributed by atoms with E-state index in [0.717, 1.165) is 29.8 Å². The van der Waals surface area contributed by atoms with Crippen LogP contribution in [0.25, 0.3) is 11.7 Å². The Bertz CT molecular complexity index is 1180. The van der Waals surface area contributed by atoms with Crippen molar-refractivity contribution in [1.82, 2.24) is 25.2 Å². The molecule has 4 N–H and O–H groups in total. The molecule has 1 saturated carbocycles. The molecule has 3 aromatic rings. The number of rotatable bonds is 5. The molecule has 0 bridgehead atoms. The molecule has 0 spiro atoms. The molecule has 29 heavy (non-hydrogen) atoms. The number of benzene rings is 1. The maximum absolute atomic E-state index is 11.9. The molecular weight excluding hydrogens is 370 g/mol. The minimum atomic E-state index is -0.541. The number of aromatic nitrogens is 3. The van der Waals surface area contributed by atoms with Crippen molar-refractivity contribution in [3.63, 3.8) is 0 Å². The highest BCUT2D eigenvalue weighted by Crippen LogP contribution is 2.29. The van der Waals surface area contributed by atoms with Crippen LogP contribution in [0.3, 0.4) is 0 Å². The first-order chi connectivity index (χ1) is 14.0. The van der Waals surface area contributed by atoms with Crippen molar-refractivity contribution in [1.29, 1.82) is 0 Å². The zero-order valence-corrected chi connectivity index (χ0v) is 15.7. The lowest BCUT2D eigenvalue weighted by molar-refractivity contribution is -0.115. The zero-order chi connectivity index (χ0) is 20.0. The number of imide groups is 1. The number of urea groups is 1. The summed E-state index contributed by atoms with van der Waals surface area (Å²) >= 11 is 0. The molecule has 146 valence electrons. The van der Waals surface area contributed by atoms with Crippen LogP contribution in [0, 0.1) is 6.92 Å². The zero-order valence-electron chi connectivity index (χ0n) is 15.7. The van der Waals surface area contributed by atoms with Crippen LogP contribution in [-0.4, -0.2) is 32.6 Å². The number of anilines is 3. The second-order valence-electron chi connectivity index (χ2n) is 7.24. The fourth-order valence-corrected chi connectivity index (χ4v) is 3.20. The summed E-state index contributed by atoms with van der Waals surface area (Å²) in [6, 6.07) is 9.85. The van der Waals surface area contributed by atoms with Crippen LogP contribution in [0.2, 0.25) is 0 Å². The van der Waals surface area contributed by atoms with Gasteiger partial charge in [-0.15, -0.1) is 5.10 Å². The largest absolute Gasteiger partial charge is 0.379 e. The van der Waals surface area contributed by atoms with Crippen molar-refractivity contribution < 1.29 is 9.59 Å². The van der Waals surface area contributed by atoms with Crippen LogP contribution in [0.1, 0.15) is 24.1 Å². The minimum Gasteiger partial charge on any atom is -0.379 e. The predicted octanol–water partition coefficient (Wildman–Crippen LogP) is 2.54. The molecule has 5 rings (SSSR count). The highest BCUT2D eigenvalue weighted by Gasteiger charge is 2.25. The summed E-state index contributed by atoms with van der Waals surface area (Å²) in [5, 5.41) is 16.1. The first kappa shape index (κ1) is 17.2. The smallest absolute Gasteiger partial charge is 0.326 e. The van der Waals surface area contributed by atoms with Crippen molar-refractivity contribution in [2.75, 3.05) is 10.6 Å². The number of carbonyl (C=O) groups excluding carboxylic acids is 2. The van der Waals surface area contributed by atoms with Gasteiger partial charge in [-0.1, -0.05) is 12.1 Å². The first-order valence-corrected chi connectivity index (χ1v) is 9.38. The lowest BCUT2D eigenvalue weighted by atomic mass is 10.2. The van der Waals surface area contributed by atoms with Crippen LogP contribution in [0.4, 0.5) is 22.0 Å². The molecular formula is C20H19N7O2. The average molecular weight is 389 g/mol. The molecule has 3 amide bonds. The molecule has 0 atom stereocenters. The Kier molecular flexibility index (Phi) is 3.94. The second kappa shape index (κ2) is 6.62. The average Bonchev–Trinajstić information content (AvgIpc) is 3.31. The van der Waals surface area contributed by atoms with E-state index < -0.39 is 11.9 Å². The fraction of sp³-hybridized carbons (Fsp3) is 0.200. The van der Waals surface area contributed by atoms with Crippen LogP contribution in [0.15, 0.2) is 42.2 Å². The summed E-state index contributed by atoms with van der Waals surface area (Å²) < 4.78 is 1.66. The third-order valence-electron chi connectivity index (χ3n) is 4.73. The van der Waals surface area contributed by atoms with Gasteiger partial charge in [0.05, 0.1) is 17.6 Å². The van der Waals surface area contributed by atoms with Gasteiger partial charge in [0.25, 0.3) is 5.91 Å². The van der Waals surface area contributed by atoms with Crippen molar-refractivity contribution in [2.24, 2.45) is 0 Å². The van der Waals surface area contributed by atoms with Gasteiger partial charge in [0, 0.05) is 17.8 Å². The van der Waals surface area contributed by atoms with Crippen LogP contribution in [-0.2, 0) is 4.79 Å². The van der Waals surface area contributed by atoms with E-state index >= 15 is 0 Å². The summed E-state index contributed by atoms with van der Waals surface area (Å²) in [6.07, 6.45) is 5.43. The number of amides is 3. The Morgan fingerprint density at radius 2 is 2.07 bits per heavy atom. The van der Waals surface area contributed by atoms with E-state index in [1.807, 2.05) is 37.3 Å². The molecule has 0 radical (unpaired) electrons. The molecule has 2 aliphatic rings. The number of nitrogens with one attached hydrogen (secondary N) is 4. The normalized spacial score (nSPS) is 17.5. The number of aryl methyl sites for hydroxylation is 1. The Labute approximate surface area is 166 Å². The molecule has 2 fully saturated rings. The van der Waals surface area contributed by atoms with Gasteiger partial charge in [0.2, 0.25) is 0 Å². The standard InChI is InChI=1S/C20H19N7O2/c1-11-3-2-4-13(7-11)23-17-9-15(22-12-5-6-12)18-21-10-14(27(18)26-17)8-16-19(28)25-20(29)24-16/h2-4,7-10,12,22H,5-6H2,1H3,(H,23,26)(H2,24,25,28,29)/b16-8-. The third kappa shape index (κ3) is 3.49. The molecule has 1 aliphatic carbocycles. The molecule has 9 nitrogen and oxygen atoms in total. The van der Waals surface area contributed by atoms with Crippen molar-refractivity contribution >= 4 is 40.9 Å². The quantitative estimate of drug-likeness (QED) is 0.394. The summed E-state index contributed by atoms with van der Waals surface area (Å²) in [7, 11) is 0. The SMILES string of the molecule is Cc1cccc(Nc2cc(NC3CC3)c3ncc(/C=C4\NC(=O)NC4=O)n3n2)c1. The summed E-state index contributed by atoms with van der Waals surface area (Å²) in [5.41, 5.74) is 4.33. The number of hydrogen-bond donors (Lipinski definition) is 4. The molecule has 2 aromatic heterocycles. The molecule has 3 heterocycles. The van der Waals surface area contributed by atoms with Gasteiger partial charge in [-0.2, -0.15) is 0 Å². The maximum Gasteiger partial charge on any atom is 0.326 e. The number of imidazole rings is 1. The monoisotopic (exact) mass is 389 g/mol. The van der Waals surface area contributed by atoms with Gasteiger partial charge in [0.15, 0.2) is 11.5 Å². The van der Waals surface area contributed by atoms with Crippen LogP contribution in [0.5, 0.6) is 0 Å². The van der Waals surface area contributed by atoms with Crippen molar-refractivity contribution in [3.05, 3.63) is 53.5 Å². The lowest BCUT2D eigenvalue weighted by Gasteiger charge is -2.12. The van der Waals surface area contributed by atoms with Gasteiger partial charge >= 0.3 is 6.03 Å². The topological polar surface area (TPSA) is 112 Å². The van der Waals surface area contributed by atoms with Crippen LogP contribution >= 0.6 is 0 Å². The third-order valence-corrected chi connectivity index (χ3v) is 4.73. The van der Waals surface area contributed by atoms with E-state index in [2.05, 4.69) is 31.3 Å². The molecule has 1 aromatic carbocycles. The first-order valence-electron chi connectivity index (χ1n) is 9.38. The molecule has 1 aliphatic heterocycles. The summed E-state index contributed by atoms with van der Waals surface area (Å²) in [5.74, 6) is 0.166. The van der Waals surface area contributed by atoms with E-state index in [9.17, 15) is 9.59 Å². The number of hydrogen-bond acceptors (Lipinski definition) is 6. The highest BCUT2D eigenvalue weighted by molar-refractivity contribution is 6.13. The second-order valence-corrected chi connectivity index (χ2v) is 7.24. The molecule has 0 unspecified atom stereocenters. The van der Waals surface area contributed by atoms with Crippen molar-refractivity contribution in [2.45, 2.75) is 25.8 Å². The van der Waals surface area contributed by atoms with E-state index in [1.54, 1.807) is 16.8 Å². The Balaban J connectivity index is 1.57. The minimum absolute atomic E-state index is 0.160. The van der Waals surface area contributed by atoms with Crippen molar-refractivity contribution in [3.8, 4) is 0 Å². The van der Waals surface area contributed by atoms with Gasteiger partial charge < -0.3 is 16.0 Å². The van der Waals surface area contributed by atoms with Crippen LogP contribution < -0.4 is 21.3 Å². The Morgan fingerprint density at radius 1 is 1.21 bits per heavy atom. The summed E-state index contributed by atoms with van der Waals surface area (Å²) in [6.45, 7) is 2.03. The van der Waals surface area contributed by atoms with Gasteiger partial charge in [-0.3, -0.25) is 10.1 Å². The highest BCUT2D eigenvalue weighted by atomic mass is 16.2.